The van der Waals surface area contributed by atoms with Gasteiger partial charge in [0.05, 0.1) is 11.0 Å². The van der Waals surface area contributed by atoms with E-state index < -0.39 is 0 Å². The first kappa shape index (κ1) is 13.5. The van der Waals surface area contributed by atoms with Gasteiger partial charge in [0, 0.05) is 7.11 Å². The first-order valence-electron chi connectivity index (χ1n) is 5.79. The van der Waals surface area contributed by atoms with Crippen LogP contribution in [0.15, 0.2) is 30.3 Å². The highest BCUT2D eigenvalue weighted by Crippen LogP contribution is 2.28. The minimum atomic E-state index is -0.0344. The van der Waals surface area contributed by atoms with E-state index in [0.29, 0.717) is 0 Å². The second-order valence-electron chi connectivity index (χ2n) is 4.73. The molecule has 1 aromatic rings. The van der Waals surface area contributed by atoms with Crippen molar-refractivity contribution in [3.8, 4) is 0 Å². The second-order valence-corrected chi connectivity index (χ2v) is 5.26. The molecule has 0 aliphatic heterocycles. The maximum Gasteiger partial charge on any atom is 0.0622 e. The fourth-order valence-electron chi connectivity index (χ4n) is 1.64. The number of methoxy groups -OCH3 is 1. The van der Waals surface area contributed by atoms with Gasteiger partial charge in [-0.15, -0.1) is 11.6 Å². The summed E-state index contributed by atoms with van der Waals surface area (Å²) in [5.74, 6) is 0. The first-order chi connectivity index (χ1) is 7.55. The molecular formula is C14H21ClO. The Morgan fingerprint density at radius 1 is 1.25 bits per heavy atom. The van der Waals surface area contributed by atoms with E-state index in [4.69, 9.17) is 16.3 Å². The summed E-state index contributed by atoms with van der Waals surface area (Å²) in [6, 6.07) is 10.2. The number of benzene rings is 1. The fraction of sp³-hybridized carbons (Fsp3) is 0.571. The third-order valence-corrected chi connectivity index (χ3v) is 3.42. The molecule has 1 rings (SSSR count). The molecule has 16 heavy (non-hydrogen) atoms. The van der Waals surface area contributed by atoms with Gasteiger partial charge in [-0.05, 0) is 38.7 Å². The second kappa shape index (κ2) is 6.27. The third kappa shape index (κ3) is 4.54. The summed E-state index contributed by atoms with van der Waals surface area (Å²) in [4.78, 5) is 0. The number of rotatable bonds is 6. The van der Waals surface area contributed by atoms with Gasteiger partial charge in [0.15, 0.2) is 0 Å². The maximum atomic E-state index is 6.34. The van der Waals surface area contributed by atoms with Crippen LogP contribution in [-0.4, -0.2) is 12.7 Å². The minimum absolute atomic E-state index is 0.0344. The molecule has 1 unspecified atom stereocenters. The SMILES string of the molecule is COC(C)(C)CCCC(Cl)c1ccccc1. The highest BCUT2D eigenvalue weighted by molar-refractivity contribution is 6.20. The summed E-state index contributed by atoms with van der Waals surface area (Å²) in [5, 5.41) is 0.119. The number of hydrogen-bond acceptors (Lipinski definition) is 1. The molecular weight excluding hydrogens is 220 g/mol. The molecule has 0 aromatic heterocycles. The smallest absolute Gasteiger partial charge is 0.0622 e. The molecule has 0 spiro atoms. The number of ether oxygens (including phenoxy) is 1. The molecule has 0 saturated heterocycles. The highest BCUT2D eigenvalue weighted by Gasteiger charge is 2.16. The van der Waals surface area contributed by atoms with E-state index in [-0.39, 0.29) is 11.0 Å². The van der Waals surface area contributed by atoms with E-state index in [0.717, 1.165) is 19.3 Å². The summed E-state index contributed by atoms with van der Waals surface area (Å²) < 4.78 is 5.38. The Labute approximate surface area is 104 Å². The Morgan fingerprint density at radius 2 is 1.88 bits per heavy atom. The molecule has 1 aromatic carbocycles. The maximum absolute atomic E-state index is 6.34. The van der Waals surface area contributed by atoms with E-state index in [2.05, 4.69) is 26.0 Å². The normalized spacial score (nSPS) is 13.8. The quantitative estimate of drug-likeness (QED) is 0.663. The van der Waals surface area contributed by atoms with Crippen molar-refractivity contribution in [1.29, 1.82) is 0 Å². The number of alkyl halides is 1. The predicted octanol–water partition coefficient (Wildman–Crippen LogP) is 4.56. The number of hydrogen-bond donors (Lipinski definition) is 0. The van der Waals surface area contributed by atoms with Crippen LogP contribution in [0.3, 0.4) is 0 Å². The van der Waals surface area contributed by atoms with Gasteiger partial charge in [0.1, 0.15) is 0 Å². The van der Waals surface area contributed by atoms with Crippen LogP contribution < -0.4 is 0 Å². The summed E-state index contributed by atoms with van der Waals surface area (Å²) in [7, 11) is 1.76. The standard InChI is InChI=1S/C14H21ClO/c1-14(2,16-3)11-7-10-13(15)12-8-5-4-6-9-12/h4-6,8-9,13H,7,10-11H2,1-3H3. The van der Waals surface area contributed by atoms with Crippen LogP contribution in [0, 0.1) is 0 Å². The van der Waals surface area contributed by atoms with Crippen molar-refractivity contribution in [2.24, 2.45) is 0 Å². The zero-order chi connectivity index (χ0) is 12.0. The Hall–Kier alpha value is -0.530. The van der Waals surface area contributed by atoms with E-state index in [1.165, 1.54) is 5.56 Å². The van der Waals surface area contributed by atoms with Crippen molar-refractivity contribution >= 4 is 11.6 Å². The van der Waals surface area contributed by atoms with Crippen molar-refractivity contribution in [3.05, 3.63) is 35.9 Å². The van der Waals surface area contributed by atoms with E-state index in [9.17, 15) is 0 Å². The molecule has 0 N–H and O–H groups in total. The van der Waals surface area contributed by atoms with Gasteiger partial charge < -0.3 is 4.74 Å². The Kier molecular flexibility index (Phi) is 5.30. The molecule has 0 amide bonds. The summed E-state index contributed by atoms with van der Waals surface area (Å²) in [6.07, 6.45) is 3.13. The van der Waals surface area contributed by atoms with Gasteiger partial charge in [-0.25, -0.2) is 0 Å². The topological polar surface area (TPSA) is 9.23 Å². The van der Waals surface area contributed by atoms with Gasteiger partial charge in [-0.1, -0.05) is 30.3 Å². The average molecular weight is 241 g/mol. The van der Waals surface area contributed by atoms with Crippen LogP contribution in [0.1, 0.15) is 44.1 Å². The van der Waals surface area contributed by atoms with Crippen molar-refractivity contribution in [3.63, 3.8) is 0 Å². The molecule has 0 aliphatic rings. The molecule has 0 aliphatic carbocycles. The van der Waals surface area contributed by atoms with E-state index >= 15 is 0 Å². The van der Waals surface area contributed by atoms with Gasteiger partial charge in [0.25, 0.3) is 0 Å². The van der Waals surface area contributed by atoms with Gasteiger partial charge in [-0.2, -0.15) is 0 Å². The predicted molar refractivity (Wildman–Crippen MR) is 70.0 cm³/mol. The lowest BCUT2D eigenvalue weighted by Gasteiger charge is -2.23. The van der Waals surface area contributed by atoms with E-state index in [1.54, 1.807) is 7.11 Å². The van der Waals surface area contributed by atoms with Gasteiger partial charge in [-0.3, -0.25) is 0 Å². The molecule has 0 heterocycles. The monoisotopic (exact) mass is 240 g/mol. The van der Waals surface area contributed by atoms with Crippen molar-refractivity contribution in [2.45, 2.75) is 44.1 Å². The molecule has 0 bridgehead atoms. The van der Waals surface area contributed by atoms with Gasteiger partial charge in [0.2, 0.25) is 0 Å². The van der Waals surface area contributed by atoms with Crippen LogP contribution in [-0.2, 0) is 4.74 Å². The van der Waals surface area contributed by atoms with Crippen molar-refractivity contribution in [2.75, 3.05) is 7.11 Å². The Balaban J connectivity index is 2.34. The molecule has 0 fully saturated rings. The molecule has 0 radical (unpaired) electrons. The molecule has 90 valence electrons. The Bertz CT molecular complexity index is 295. The van der Waals surface area contributed by atoms with Crippen molar-refractivity contribution < 1.29 is 4.74 Å². The van der Waals surface area contributed by atoms with Crippen LogP contribution in [0.4, 0.5) is 0 Å². The van der Waals surface area contributed by atoms with E-state index in [1.807, 2.05) is 18.2 Å². The fourth-order valence-corrected chi connectivity index (χ4v) is 1.94. The molecule has 1 nitrogen and oxygen atoms in total. The molecule has 0 saturated carbocycles. The lowest BCUT2D eigenvalue weighted by molar-refractivity contribution is 0.0135. The Morgan fingerprint density at radius 3 is 2.44 bits per heavy atom. The lowest BCUT2D eigenvalue weighted by Crippen LogP contribution is -2.22. The molecule has 2 heteroatoms. The van der Waals surface area contributed by atoms with Gasteiger partial charge >= 0.3 is 0 Å². The van der Waals surface area contributed by atoms with Crippen molar-refractivity contribution in [1.82, 2.24) is 0 Å². The van der Waals surface area contributed by atoms with Crippen LogP contribution in [0.2, 0.25) is 0 Å². The summed E-state index contributed by atoms with van der Waals surface area (Å²) >= 11 is 6.34. The van der Waals surface area contributed by atoms with Crippen LogP contribution in [0.5, 0.6) is 0 Å². The lowest BCUT2D eigenvalue weighted by atomic mass is 9.98. The first-order valence-corrected chi connectivity index (χ1v) is 6.23. The largest absolute Gasteiger partial charge is 0.379 e. The zero-order valence-corrected chi connectivity index (χ0v) is 11.1. The average Bonchev–Trinajstić information content (AvgIpc) is 2.30. The summed E-state index contributed by atoms with van der Waals surface area (Å²) in [6.45, 7) is 4.22. The third-order valence-electron chi connectivity index (χ3n) is 2.95. The highest BCUT2D eigenvalue weighted by atomic mass is 35.5. The minimum Gasteiger partial charge on any atom is -0.379 e. The van der Waals surface area contributed by atoms with Crippen LogP contribution >= 0.6 is 11.6 Å². The summed E-state index contributed by atoms with van der Waals surface area (Å²) in [5.41, 5.74) is 1.17. The molecule has 1 atom stereocenters. The zero-order valence-electron chi connectivity index (χ0n) is 10.4. The van der Waals surface area contributed by atoms with Crippen LogP contribution in [0.25, 0.3) is 0 Å². The number of halogens is 1.